The summed E-state index contributed by atoms with van der Waals surface area (Å²) in [5.74, 6) is -1.38. The van der Waals surface area contributed by atoms with E-state index in [-0.39, 0.29) is 11.7 Å². The summed E-state index contributed by atoms with van der Waals surface area (Å²) in [6.07, 6.45) is 0. The van der Waals surface area contributed by atoms with Gasteiger partial charge in [0.2, 0.25) is 0 Å². The van der Waals surface area contributed by atoms with E-state index in [0.717, 1.165) is 4.88 Å². The molecular weight excluding hydrogens is 336 g/mol. The molecule has 2 heterocycles. The van der Waals surface area contributed by atoms with Crippen LogP contribution in [0, 0.1) is 11.3 Å². The van der Waals surface area contributed by atoms with Crippen LogP contribution in [0.4, 0.5) is 5.82 Å². The van der Waals surface area contributed by atoms with Crippen LogP contribution in [-0.2, 0) is 9.53 Å². The third-order valence-electron chi connectivity index (χ3n) is 3.76. The molecule has 0 aliphatic heterocycles. The maximum Gasteiger partial charge on any atom is 0.329 e. The van der Waals surface area contributed by atoms with Crippen LogP contribution in [0.2, 0.25) is 0 Å². The summed E-state index contributed by atoms with van der Waals surface area (Å²) < 4.78 is 4.75. The van der Waals surface area contributed by atoms with Gasteiger partial charge in [-0.05, 0) is 30.5 Å². The number of nitrogens with zero attached hydrogens (tertiary/aromatic N) is 3. The summed E-state index contributed by atoms with van der Waals surface area (Å²) in [4.78, 5) is 22.2. The smallest absolute Gasteiger partial charge is 0.329 e. The molecule has 25 heavy (non-hydrogen) atoms. The fourth-order valence-corrected chi connectivity index (χ4v) is 3.21. The Kier molecular flexibility index (Phi) is 4.91. The van der Waals surface area contributed by atoms with Crippen LogP contribution in [-0.4, -0.2) is 23.0 Å². The minimum absolute atomic E-state index is 0.0359. The monoisotopic (exact) mass is 352 g/mol. The molecule has 6 nitrogen and oxygen atoms in total. The number of carbonyl (C=O) groups is 1. The second kappa shape index (κ2) is 7.28. The first-order chi connectivity index (χ1) is 12.1. The quantitative estimate of drug-likeness (QED) is 0.705. The molecule has 3 aromatic rings. The molecule has 0 unspecified atom stereocenters. The molecule has 0 radical (unpaired) electrons. The van der Waals surface area contributed by atoms with Gasteiger partial charge in [-0.1, -0.05) is 18.2 Å². The first kappa shape index (κ1) is 16.9. The van der Waals surface area contributed by atoms with Crippen LogP contribution in [0.25, 0.3) is 11.0 Å². The van der Waals surface area contributed by atoms with Gasteiger partial charge in [-0.15, -0.1) is 11.3 Å². The number of rotatable bonds is 5. The van der Waals surface area contributed by atoms with Crippen molar-refractivity contribution in [2.45, 2.75) is 18.9 Å². The zero-order chi connectivity index (χ0) is 17.8. The second-order valence-corrected chi connectivity index (χ2v) is 6.39. The number of methoxy groups -OCH3 is 1. The highest BCUT2D eigenvalue weighted by atomic mass is 32.1. The van der Waals surface area contributed by atoms with E-state index in [1.807, 2.05) is 48.7 Å². The van der Waals surface area contributed by atoms with E-state index < -0.39 is 11.9 Å². The molecule has 7 heteroatoms. The van der Waals surface area contributed by atoms with Crippen molar-refractivity contribution in [2.24, 2.45) is 0 Å². The van der Waals surface area contributed by atoms with E-state index in [0.29, 0.717) is 16.9 Å². The van der Waals surface area contributed by atoms with Crippen LogP contribution in [0.15, 0.2) is 41.8 Å². The molecular formula is C18H16N4O2S. The van der Waals surface area contributed by atoms with Crippen molar-refractivity contribution in [3.8, 4) is 6.07 Å². The van der Waals surface area contributed by atoms with E-state index in [9.17, 15) is 10.1 Å². The zero-order valence-electron chi connectivity index (χ0n) is 13.8. The lowest BCUT2D eigenvalue weighted by molar-refractivity contribution is -0.141. The molecule has 0 saturated carbocycles. The van der Waals surface area contributed by atoms with E-state index in [4.69, 9.17) is 4.74 Å². The van der Waals surface area contributed by atoms with Gasteiger partial charge in [0.1, 0.15) is 5.69 Å². The summed E-state index contributed by atoms with van der Waals surface area (Å²) in [6.45, 7) is 1.99. The van der Waals surface area contributed by atoms with Crippen molar-refractivity contribution in [1.82, 2.24) is 9.97 Å². The highest BCUT2D eigenvalue weighted by Crippen LogP contribution is 2.29. The summed E-state index contributed by atoms with van der Waals surface area (Å²) in [6, 6.07) is 13.3. The van der Waals surface area contributed by atoms with Crippen molar-refractivity contribution in [3.05, 3.63) is 52.3 Å². The summed E-state index contributed by atoms with van der Waals surface area (Å²) in [7, 11) is 1.25. The first-order valence-electron chi connectivity index (χ1n) is 7.68. The molecule has 2 atom stereocenters. The number of hydrogen-bond acceptors (Lipinski definition) is 7. The lowest BCUT2D eigenvalue weighted by Gasteiger charge is -2.18. The van der Waals surface area contributed by atoms with E-state index >= 15 is 0 Å². The third-order valence-corrected chi connectivity index (χ3v) is 4.82. The number of benzene rings is 1. The minimum atomic E-state index is -1.14. The molecule has 1 N–H and O–H groups in total. The van der Waals surface area contributed by atoms with Gasteiger partial charge in [0, 0.05) is 4.88 Å². The number of fused-ring (bicyclic) bond motifs is 1. The number of carbonyl (C=O) groups excluding carboxylic acids is 1. The van der Waals surface area contributed by atoms with Gasteiger partial charge in [-0.2, -0.15) is 5.26 Å². The number of ether oxygens (including phenoxy) is 1. The van der Waals surface area contributed by atoms with Gasteiger partial charge < -0.3 is 10.1 Å². The molecule has 3 rings (SSSR count). The first-order valence-corrected chi connectivity index (χ1v) is 8.56. The SMILES string of the molecule is COC(=O)[C@H](C#N)c1nc2ccccc2nc1N[C@H](C)c1cccs1. The molecule has 0 amide bonds. The molecule has 0 saturated heterocycles. The third kappa shape index (κ3) is 3.44. The van der Waals surface area contributed by atoms with Crippen molar-refractivity contribution in [3.63, 3.8) is 0 Å². The average Bonchev–Trinajstić information content (AvgIpc) is 3.17. The largest absolute Gasteiger partial charge is 0.468 e. The summed E-state index contributed by atoms with van der Waals surface area (Å²) in [5.41, 5.74) is 1.58. The number of aromatic nitrogens is 2. The summed E-state index contributed by atoms with van der Waals surface area (Å²) in [5, 5.41) is 14.7. The molecule has 2 aromatic heterocycles. The Labute approximate surface area is 149 Å². The number of para-hydroxylation sites is 2. The van der Waals surface area contributed by atoms with Crippen molar-refractivity contribution in [1.29, 1.82) is 5.26 Å². The molecule has 0 aliphatic rings. The number of thiophene rings is 1. The fraction of sp³-hybridized carbons (Fsp3) is 0.222. The zero-order valence-corrected chi connectivity index (χ0v) is 14.6. The van der Waals surface area contributed by atoms with Gasteiger partial charge >= 0.3 is 5.97 Å². The van der Waals surface area contributed by atoms with E-state index in [2.05, 4.69) is 15.3 Å². The Morgan fingerprint density at radius 3 is 2.56 bits per heavy atom. The second-order valence-electron chi connectivity index (χ2n) is 5.41. The van der Waals surface area contributed by atoms with Crippen LogP contribution in [0.1, 0.15) is 29.5 Å². The van der Waals surface area contributed by atoms with Crippen LogP contribution in [0.3, 0.4) is 0 Å². The molecule has 0 aliphatic carbocycles. The number of hydrogen-bond donors (Lipinski definition) is 1. The lowest BCUT2D eigenvalue weighted by Crippen LogP contribution is -2.18. The molecule has 0 fully saturated rings. The maximum absolute atomic E-state index is 12.0. The fourth-order valence-electron chi connectivity index (χ4n) is 2.48. The van der Waals surface area contributed by atoms with Gasteiger partial charge in [-0.3, -0.25) is 4.79 Å². The van der Waals surface area contributed by atoms with Crippen LogP contribution in [0.5, 0.6) is 0 Å². The highest BCUT2D eigenvalue weighted by molar-refractivity contribution is 7.10. The number of nitrogens with one attached hydrogen (secondary N) is 1. The molecule has 0 spiro atoms. The van der Waals surface area contributed by atoms with Crippen molar-refractivity contribution < 1.29 is 9.53 Å². The van der Waals surface area contributed by atoms with Gasteiger partial charge in [0.25, 0.3) is 0 Å². The van der Waals surface area contributed by atoms with E-state index in [1.165, 1.54) is 7.11 Å². The standard InChI is InChI=1S/C18H16N4O2S/c1-11(15-8-5-9-25-15)20-17-16(12(10-19)18(23)24-2)21-13-6-3-4-7-14(13)22-17/h3-9,11-12H,1-2H3,(H,20,22)/t11-,12-/m1/s1. The Bertz CT molecular complexity index is 934. The average molecular weight is 352 g/mol. The molecule has 0 bridgehead atoms. The summed E-state index contributed by atoms with van der Waals surface area (Å²) >= 11 is 1.62. The normalized spacial score (nSPS) is 13.0. The Balaban J connectivity index is 2.09. The van der Waals surface area contributed by atoms with Crippen LogP contribution < -0.4 is 5.32 Å². The number of nitriles is 1. The van der Waals surface area contributed by atoms with Gasteiger partial charge in [-0.25, -0.2) is 9.97 Å². The predicted molar refractivity (Wildman–Crippen MR) is 96.3 cm³/mol. The number of esters is 1. The lowest BCUT2D eigenvalue weighted by atomic mass is 10.1. The maximum atomic E-state index is 12.0. The Morgan fingerprint density at radius 1 is 1.24 bits per heavy atom. The van der Waals surface area contributed by atoms with Gasteiger partial charge in [0.15, 0.2) is 11.7 Å². The predicted octanol–water partition coefficient (Wildman–Crippen LogP) is 3.64. The van der Waals surface area contributed by atoms with Crippen LogP contribution >= 0.6 is 11.3 Å². The Hall–Kier alpha value is -2.98. The minimum Gasteiger partial charge on any atom is -0.468 e. The molecule has 1 aromatic carbocycles. The molecule has 126 valence electrons. The number of anilines is 1. The highest BCUT2D eigenvalue weighted by Gasteiger charge is 2.28. The Morgan fingerprint density at radius 2 is 1.96 bits per heavy atom. The van der Waals surface area contributed by atoms with Crippen molar-refractivity contribution in [2.75, 3.05) is 12.4 Å². The van der Waals surface area contributed by atoms with E-state index in [1.54, 1.807) is 17.4 Å². The van der Waals surface area contributed by atoms with Gasteiger partial charge in [0.05, 0.1) is 30.3 Å². The van der Waals surface area contributed by atoms with Crippen molar-refractivity contribution >= 4 is 34.2 Å². The topological polar surface area (TPSA) is 87.9 Å².